The van der Waals surface area contributed by atoms with E-state index in [4.69, 9.17) is 30.0 Å². The Labute approximate surface area is 253 Å². The molecule has 2 unspecified atom stereocenters. The number of nitrogens with two attached hydrogens (primary N) is 2. The van der Waals surface area contributed by atoms with E-state index in [0.29, 0.717) is 0 Å². The van der Waals surface area contributed by atoms with E-state index in [1.54, 1.807) is 0 Å². The number of aliphatic hydroxyl groups is 4. The molecule has 248 valence electrons. The normalized spacial score (nSPS) is 17.6. The highest BCUT2D eigenvalue weighted by Crippen LogP contribution is 2.58. The molecule has 0 fully saturated rings. The predicted octanol–water partition coefficient (Wildman–Crippen LogP) is -2.07. The zero-order valence-corrected chi connectivity index (χ0v) is 25.1. The maximum atomic E-state index is 12.6. The summed E-state index contributed by atoms with van der Waals surface area (Å²) in [4.78, 5) is 44.3. The van der Waals surface area contributed by atoms with Crippen LogP contribution in [0.1, 0.15) is 12.5 Å². The van der Waals surface area contributed by atoms with E-state index in [9.17, 15) is 39.3 Å². The van der Waals surface area contributed by atoms with Crippen LogP contribution in [0, 0.1) is 0 Å². The van der Waals surface area contributed by atoms with Crippen LogP contribution in [0.2, 0.25) is 0 Å². The van der Waals surface area contributed by atoms with Crippen LogP contribution in [0.3, 0.4) is 0 Å². The molecular formula is C21H32N10O12P2. The molecule has 6 atom stereocenters. The Hall–Kier alpha value is -3.24. The number of imidazole rings is 2. The van der Waals surface area contributed by atoms with E-state index in [2.05, 4.69) is 29.9 Å². The van der Waals surface area contributed by atoms with E-state index in [1.165, 1.54) is 34.4 Å². The lowest BCUT2D eigenvalue weighted by molar-refractivity contribution is -0.108. The fraction of sp³-hybridized carbons (Fsp3) is 0.524. The van der Waals surface area contributed by atoms with Crippen LogP contribution < -0.4 is 11.5 Å². The molecule has 0 aliphatic heterocycles. The molecular weight excluding hydrogens is 646 g/mol. The van der Waals surface area contributed by atoms with Crippen LogP contribution in [0.5, 0.6) is 0 Å². The molecule has 0 aliphatic rings. The van der Waals surface area contributed by atoms with Crippen molar-refractivity contribution in [3.8, 4) is 0 Å². The number of aromatic nitrogens is 8. The largest absolute Gasteiger partial charge is 0.394 e. The van der Waals surface area contributed by atoms with Gasteiger partial charge in [0, 0.05) is 0 Å². The van der Waals surface area contributed by atoms with Gasteiger partial charge in [-0.3, -0.25) is 18.3 Å². The zero-order valence-electron chi connectivity index (χ0n) is 23.3. The summed E-state index contributed by atoms with van der Waals surface area (Å²) in [5.41, 5.74) is 12.4. The molecule has 4 aromatic rings. The van der Waals surface area contributed by atoms with Gasteiger partial charge in [0.25, 0.3) is 0 Å². The number of ether oxygens (including phenoxy) is 2. The van der Waals surface area contributed by atoms with E-state index in [1.807, 2.05) is 0 Å². The van der Waals surface area contributed by atoms with Crippen LogP contribution in [-0.2, 0) is 27.7 Å². The van der Waals surface area contributed by atoms with Gasteiger partial charge in [0.05, 0.1) is 52.3 Å². The highest BCUT2D eigenvalue weighted by molar-refractivity contribution is 7.70. The summed E-state index contributed by atoms with van der Waals surface area (Å²) < 4.78 is 48.9. The van der Waals surface area contributed by atoms with Gasteiger partial charge in [-0.05, 0) is 0 Å². The molecule has 45 heavy (non-hydrogen) atoms. The number of nitrogen functional groups attached to an aromatic ring is 2. The Kier molecular flexibility index (Phi) is 11.5. The fourth-order valence-electron chi connectivity index (χ4n) is 3.98. The van der Waals surface area contributed by atoms with Gasteiger partial charge in [0.1, 0.15) is 35.9 Å². The lowest BCUT2D eigenvalue weighted by atomic mass is 10.4. The maximum Gasteiger partial charge on any atom is 0.340 e. The van der Waals surface area contributed by atoms with Crippen molar-refractivity contribution in [2.24, 2.45) is 0 Å². The number of aliphatic hydroxyl groups excluding tert-OH is 4. The van der Waals surface area contributed by atoms with Crippen molar-refractivity contribution in [3.63, 3.8) is 0 Å². The van der Waals surface area contributed by atoms with Gasteiger partial charge >= 0.3 is 15.2 Å². The number of rotatable bonds is 18. The summed E-state index contributed by atoms with van der Waals surface area (Å²) >= 11 is 0. The zero-order chi connectivity index (χ0) is 32.8. The second-order valence-electron chi connectivity index (χ2n) is 9.33. The average molecular weight is 678 g/mol. The number of hydrogen-bond donors (Lipinski definition) is 8. The molecule has 0 bridgehead atoms. The summed E-state index contributed by atoms with van der Waals surface area (Å²) in [6, 6.07) is 0. The number of fused-ring (bicyclic) bond motifs is 2. The molecule has 0 radical (unpaired) electrons. The predicted molar refractivity (Wildman–Crippen MR) is 152 cm³/mol. The van der Waals surface area contributed by atoms with E-state index in [-0.39, 0.29) is 34.0 Å². The molecule has 0 saturated carbocycles. The van der Waals surface area contributed by atoms with Gasteiger partial charge in [-0.2, -0.15) is 0 Å². The first-order valence-corrected chi connectivity index (χ1v) is 16.5. The molecule has 10 N–H and O–H groups in total. The Morgan fingerprint density at radius 3 is 1.42 bits per heavy atom. The SMILES string of the molecule is Nc1ncnc2c1ncn2[C@@H](CO)O[C@@H](CO)COP(=O)(O)CP(=O)(O)OC[C@H](CO)O[C@H](CO)n1cnc2c(N)ncnc21. The smallest absolute Gasteiger partial charge is 0.340 e. The maximum absolute atomic E-state index is 12.6. The Bertz CT molecular complexity index is 1550. The Morgan fingerprint density at radius 2 is 1.07 bits per heavy atom. The van der Waals surface area contributed by atoms with Crippen molar-refractivity contribution in [2.45, 2.75) is 24.7 Å². The molecule has 0 amide bonds. The highest BCUT2D eigenvalue weighted by atomic mass is 31.2. The topological polar surface area (TPSA) is 332 Å². The second-order valence-corrected chi connectivity index (χ2v) is 13.5. The first-order valence-electron chi connectivity index (χ1n) is 12.9. The van der Waals surface area contributed by atoms with Crippen molar-refractivity contribution in [1.82, 2.24) is 39.0 Å². The summed E-state index contributed by atoms with van der Waals surface area (Å²) in [6.07, 6.45) is -0.0889. The van der Waals surface area contributed by atoms with Gasteiger partial charge in [-0.15, -0.1) is 0 Å². The van der Waals surface area contributed by atoms with Crippen molar-refractivity contribution in [2.75, 3.05) is 57.0 Å². The molecule has 0 spiro atoms. The molecule has 22 nitrogen and oxygen atoms in total. The highest BCUT2D eigenvalue weighted by Gasteiger charge is 2.36. The monoisotopic (exact) mass is 678 g/mol. The van der Waals surface area contributed by atoms with Gasteiger partial charge < -0.3 is 60.2 Å². The van der Waals surface area contributed by atoms with Crippen LogP contribution in [0.15, 0.2) is 25.3 Å². The molecule has 0 aromatic carbocycles. The van der Waals surface area contributed by atoms with Crippen molar-refractivity contribution in [1.29, 1.82) is 0 Å². The minimum Gasteiger partial charge on any atom is -0.394 e. The molecule has 4 aromatic heterocycles. The number of anilines is 2. The van der Waals surface area contributed by atoms with Crippen LogP contribution in [-0.4, -0.2) is 127 Å². The van der Waals surface area contributed by atoms with E-state index < -0.39 is 85.4 Å². The Balaban J connectivity index is 1.32. The molecule has 4 heterocycles. The van der Waals surface area contributed by atoms with Crippen LogP contribution >= 0.6 is 15.2 Å². The molecule has 0 aliphatic carbocycles. The third kappa shape index (κ3) is 8.52. The summed E-state index contributed by atoms with van der Waals surface area (Å²) in [6.45, 7) is -4.21. The van der Waals surface area contributed by atoms with Gasteiger partial charge in [-0.1, -0.05) is 0 Å². The van der Waals surface area contributed by atoms with E-state index >= 15 is 0 Å². The van der Waals surface area contributed by atoms with Gasteiger partial charge in [-0.25, -0.2) is 29.9 Å². The number of hydrogen-bond acceptors (Lipinski definition) is 18. The van der Waals surface area contributed by atoms with Crippen LogP contribution in [0.4, 0.5) is 11.6 Å². The summed E-state index contributed by atoms with van der Waals surface area (Å²) in [5, 5.41) is 39.1. The summed E-state index contributed by atoms with van der Waals surface area (Å²) in [5.74, 6) is -1.22. The summed E-state index contributed by atoms with van der Waals surface area (Å²) in [7, 11) is -9.68. The van der Waals surface area contributed by atoms with Crippen LogP contribution in [0.25, 0.3) is 22.3 Å². The quantitative estimate of drug-likeness (QED) is 0.0524. The van der Waals surface area contributed by atoms with Crippen molar-refractivity contribution in [3.05, 3.63) is 25.3 Å². The van der Waals surface area contributed by atoms with Crippen molar-refractivity contribution >= 4 is 49.2 Å². The molecule has 24 heteroatoms. The third-order valence-electron chi connectivity index (χ3n) is 6.10. The fourth-order valence-corrected chi connectivity index (χ4v) is 7.23. The third-order valence-corrected chi connectivity index (χ3v) is 10.1. The minimum atomic E-state index is -4.84. The first-order chi connectivity index (χ1) is 21.4. The lowest BCUT2D eigenvalue weighted by Gasteiger charge is -2.25. The lowest BCUT2D eigenvalue weighted by Crippen LogP contribution is -2.30. The van der Waals surface area contributed by atoms with E-state index in [0.717, 1.165) is 0 Å². The van der Waals surface area contributed by atoms with Gasteiger partial charge in [0.2, 0.25) is 0 Å². The second kappa shape index (κ2) is 14.9. The minimum absolute atomic E-state index is 0.0759. The standard InChI is InChI=1S/C21H32N10O12P2/c22-18-16-20(26-7-24-18)30(9-28-16)14(3-34)42-12(1-32)5-40-44(36,37)11-45(38,39)41-6-13(2-33)43-15(4-35)31-10-29-17-19(23)25-8-27-21(17)31/h7-10,12-15,32-35H,1-6,11H2,(H,36,37)(H,38,39)(H2,22,24,26)(H2,23,25,27)/t12-,13-,14+,15+/m0/s1. The van der Waals surface area contributed by atoms with Gasteiger partial charge in [0.15, 0.2) is 41.3 Å². The molecule has 4 rings (SSSR count). The Morgan fingerprint density at radius 1 is 0.667 bits per heavy atom. The van der Waals surface area contributed by atoms with Crippen molar-refractivity contribution < 1.29 is 57.9 Å². The first kappa shape index (κ1) is 34.6. The average Bonchev–Trinajstić information content (AvgIpc) is 3.64. The number of nitrogens with zero attached hydrogens (tertiary/aromatic N) is 8. The molecule has 0 saturated heterocycles.